The van der Waals surface area contributed by atoms with E-state index in [-0.39, 0.29) is 5.91 Å². The number of anilines is 1. The quantitative estimate of drug-likeness (QED) is 0.679. The summed E-state index contributed by atoms with van der Waals surface area (Å²) in [7, 11) is 3.33. The number of carbonyl (C=O) groups excluding carboxylic acids is 1. The number of para-hydroxylation sites is 1. The number of nitrogens with one attached hydrogen (secondary N) is 1. The molecule has 1 aromatic carbocycles. The lowest BCUT2D eigenvalue weighted by molar-refractivity contribution is -0.117. The van der Waals surface area contributed by atoms with Crippen LogP contribution in [-0.4, -0.2) is 57.9 Å². The van der Waals surface area contributed by atoms with Gasteiger partial charge in [-0.25, -0.2) is 0 Å². The number of hydrogen-bond donors (Lipinski definition) is 1. The molecule has 1 aromatic rings. The van der Waals surface area contributed by atoms with Gasteiger partial charge in [-0.05, 0) is 24.0 Å². The molecule has 0 fully saturated rings. The Balaban J connectivity index is 2.73. The zero-order valence-electron chi connectivity index (χ0n) is 14.9. The highest BCUT2D eigenvalue weighted by Gasteiger charge is 2.14. The SMILES string of the molecule is CCc1cccc(CC)c1NC(=O)CN(CCOC)CCOC. The van der Waals surface area contributed by atoms with Crippen molar-refractivity contribution >= 4 is 11.6 Å². The van der Waals surface area contributed by atoms with Gasteiger partial charge >= 0.3 is 0 Å². The summed E-state index contributed by atoms with van der Waals surface area (Å²) < 4.78 is 10.2. The summed E-state index contributed by atoms with van der Waals surface area (Å²) in [4.78, 5) is 14.5. The van der Waals surface area contributed by atoms with E-state index in [1.165, 1.54) is 11.1 Å². The average Bonchev–Trinajstić information content (AvgIpc) is 2.57. The van der Waals surface area contributed by atoms with Crippen LogP contribution < -0.4 is 5.32 Å². The number of benzene rings is 1. The molecule has 0 aliphatic rings. The lowest BCUT2D eigenvalue weighted by Gasteiger charge is -2.22. The van der Waals surface area contributed by atoms with Crippen molar-refractivity contribution in [3.8, 4) is 0 Å². The molecule has 0 aliphatic carbocycles. The first-order valence-corrected chi connectivity index (χ1v) is 8.27. The van der Waals surface area contributed by atoms with E-state index in [9.17, 15) is 4.79 Å². The molecule has 0 saturated heterocycles. The molecule has 0 saturated carbocycles. The van der Waals surface area contributed by atoms with Gasteiger partial charge in [-0.3, -0.25) is 9.69 Å². The van der Waals surface area contributed by atoms with Gasteiger partial charge < -0.3 is 14.8 Å². The first kappa shape index (κ1) is 19.6. The second-order valence-electron chi connectivity index (χ2n) is 5.47. The van der Waals surface area contributed by atoms with Crippen LogP contribution in [0.2, 0.25) is 0 Å². The molecule has 5 heteroatoms. The first-order chi connectivity index (χ1) is 11.2. The molecule has 0 radical (unpaired) electrons. The molecule has 130 valence electrons. The fourth-order valence-electron chi connectivity index (χ4n) is 2.50. The predicted molar refractivity (Wildman–Crippen MR) is 94.0 cm³/mol. The van der Waals surface area contributed by atoms with Crippen molar-refractivity contribution in [2.75, 3.05) is 52.4 Å². The monoisotopic (exact) mass is 322 g/mol. The molecule has 0 aromatic heterocycles. The van der Waals surface area contributed by atoms with E-state index in [2.05, 4.69) is 37.4 Å². The number of nitrogens with zero attached hydrogens (tertiary/aromatic N) is 1. The zero-order chi connectivity index (χ0) is 17.1. The first-order valence-electron chi connectivity index (χ1n) is 8.27. The standard InChI is InChI=1S/C18H30N2O3/c1-5-15-8-7-9-16(6-2)18(15)19-17(21)14-20(10-12-22-3)11-13-23-4/h7-9H,5-6,10-14H2,1-4H3,(H,19,21). The highest BCUT2D eigenvalue weighted by molar-refractivity contribution is 5.93. The topological polar surface area (TPSA) is 50.8 Å². The van der Waals surface area contributed by atoms with Crippen LogP contribution >= 0.6 is 0 Å². The summed E-state index contributed by atoms with van der Waals surface area (Å²) in [5, 5.41) is 3.10. The van der Waals surface area contributed by atoms with Gasteiger partial charge in [0.25, 0.3) is 0 Å². The Labute approximate surface area is 140 Å². The third-order valence-electron chi connectivity index (χ3n) is 3.85. The summed E-state index contributed by atoms with van der Waals surface area (Å²) in [6.07, 6.45) is 1.81. The van der Waals surface area contributed by atoms with E-state index in [0.717, 1.165) is 18.5 Å². The normalized spacial score (nSPS) is 11.0. The Kier molecular flexibility index (Phi) is 9.52. The fourth-order valence-corrected chi connectivity index (χ4v) is 2.50. The van der Waals surface area contributed by atoms with Crippen LogP contribution in [0.3, 0.4) is 0 Å². The van der Waals surface area contributed by atoms with Gasteiger partial charge in [0.1, 0.15) is 0 Å². The molecule has 23 heavy (non-hydrogen) atoms. The number of aryl methyl sites for hydroxylation is 2. The van der Waals surface area contributed by atoms with Gasteiger partial charge in [0, 0.05) is 33.0 Å². The summed E-state index contributed by atoms with van der Waals surface area (Å²) >= 11 is 0. The lowest BCUT2D eigenvalue weighted by atomic mass is 10.0. The van der Waals surface area contributed by atoms with Crippen molar-refractivity contribution in [1.82, 2.24) is 4.90 Å². The number of methoxy groups -OCH3 is 2. The summed E-state index contributed by atoms with van der Waals surface area (Å²) in [5.41, 5.74) is 3.33. The highest BCUT2D eigenvalue weighted by Crippen LogP contribution is 2.22. The van der Waals surface area contributed by atoms with Crippen molar-refractivity contribution in [2.45, 2.75) is 26.7 Å². The molecule has 0 bridgehead atoms. The highest BCUT2D eigenvalue weighted by atomic mass is 16.5. The zero-order valence-corrected chi connectivity index (χ0v) is 14.9. The average molecular weight is 322 g/mol. The van der Waals surface area contributed by atoms with Crippen LogP contribution in [0, 0.1) is 0 Å². The minimum absolute atomic E-state index is 0.00723. The van der Waals surface area contributed by atoms with Gasteiger partial charge in [0.05, 0.1) is 19.8 Å². The van der Waals surface area contributed by atoms with E-state index in [0.29, 0.717) is 32.8 Å². The molecule has 0 aliphatic heterocycles. The molecular weight excluding hydrogens is 292 g/mol. The number of ether oxygens (including phenoxy) is 2. The fraction of sp³-hybridized carbons (Fsp3) is 0.611. The minimum Gasteiger partial charge on any atom is -0.383 e. The van der Waals surface area contributed by atoms with Gasteiger partial charge in [-0.1, -0.05) is 32.0 Å². The van der Waals surface area contributed by atoms with Crippen LogP contribution in [-0.2, 0) is 27.1 Å². The number of hydrogen-bond acceptors (Lipinski definition) is 4. The molecule has 0 spiro atoms. The maximum atomic E-state index is 12.5. The molecule has 1 amide bonds. The predicted octanol–water partition coefficient (Wildman–Crippen LogP) is 2.34. The van der Waals surface area contributed by atoms with Gasteiger partial charge in [0.2, 0.25) is 5.91 Å². The van der Waals surface area contributed by atoms with Crippen molar-refractivity contribution in [1.29, 1.82) is 0 Å². The Morgan fingerprint density at radius 1 is 1.04 bits per heavy atom. The maximum absolute atomic E-state index is 12.5. The number of amides is 1. The van der Waals surface area contributed by atoms with Crippen LogP contribution in [0.4, 0.5) is 5.69 Å². The van der Waals surface area contributed by atoms with Gasteiger partial charge in [0.15, 0.2) is 0 Å². The van der Waals surface area contributed by atoms with Crippen molar-refractivity contribution < 1.29 is 14.3 Å². The Hall–Kier alpha value is -1.43. The summed E-state index contributed by atoms with van der Waals surface area (Å²) in [6.45, 7) is 7.17. The van der Waals surface area contributed by atoms with Crippen LogP contribution in [0.15, 0.2) is 18.2 Å². The molecule has 1 rings (SSSR count). The van der Waals surface area contributed by atoms with Crippen molar-refractivity contribution in [2.24, 2.45) is 0 Å². The third-order valence-corrected chi connectivity index (χ3v) is 3.85. The smallest absolute Gasteiger partial charge is 0.238 e. The number of carbonyl (C=O) groups is 1. The van der Waals surface area contributed by atoms with Gasteiger partial charge in [-0.15, -0.1) is 0 Å². The van der Waals surface area contributed by atoms with Crippen molar-refractivity contribution in [3.05, 3.63) is 29.3 Å². The van der Waals surface area contributed by atoms with E-state index in [1.807, 2.05) is 4.90 Å². The summed E-state index contributed by atoms with van der Waals surface area (Å²) in [6, 6.07) is 6.20. The Bertz CT molecular complexity index is 447. The van der Waals surface area contributed by atoms with E-state index >= 15 is 0 Å². The van der Waals surface area contributed by atoms with Crippen molar-refractivity contribution in [3.63, 3.8) is 0 Å². The Morgan fingerprint density at radius 3 is 2.00 bits per heavy atom. The molecule has 0 unspecified atom stereocenters. The van der Waals surface area contributed by atoms with Crippen LogP contribution in [0.1, 0.15) is 25.0 Å². The Morgan fingerprint density at radius 2 is 1.57 bits per heavy atom. The molecule has 1 N–H and O–H groups in total. The largest absolute Gasteiger partial charge is 0.383 e. The number of rotatable bonds is 11. The molecule has 5 nitrogen and oxygen atoms in total. The van der Waals surface area contributed by atoms with Crippen LogP contribution in [0.25, 0.3) is 0 Å². The molecule has 0 heterocycles. The van der Waals surface area contributed by atoms with Gasteiger partial charge in [-0.2, -0.15) is 0 Å². The second-order valence-corrected chi connectivity index (χ2v) is 5.47. The van der Waals surface area contributed by atoms with Crippen LogP contribution in [0.5, 0.6) is 0 Å². The maximum Gasteiger partial charge on any atom is 0.238 e. The lowest BCUT2D eigenvalue weighted by Crippen LogP contribution is -2.37. The third kappa shape index (κ3) is 6.69. The van der Waals surface area contributed by atoms with E-state index in [1.54, 1.807) is 14.2 Å². The summed E-state index contributed by atoms with van der Waals surface area (Å²) in [5.74, 6) is 0.00723. The van der Waals surface area contributed by atoms with E-state index < -0.39 is 0 Å². The minimum atomic E-state index is 0.00723. The second kappa shape index (κ2) is 11.2. The molecule has 0 atom stereocenters. The van der Waals surface area contributed by atoms with E-state index in [4.69, 9.17) is 9.47 Å². The molecular formula is C18H30N2O3.